The first kappa shape index (κ1) is 13.4. The van der Waals surface area contributed by atoms with Gasteiger partial charge in [-0.2, -0.15) is 0 Å². The van der Waals surface area contributed by atoms with E-state index in [2.05, 4.69) is 9.88 Å². The summed E-state index contributed by atoms with van der Waals surface area (Å²) < 4.78 is 5.42. The molecule has 5 nitrogen and oxygen atoms in total. The number of rotatable bonds is 3. The van der Waals surface area contributed by atoms with Crippen molar-refractivity contribution in [2.75, 3.05) is 31.1 Å². The van der Waals surface area contributed by atoms with Crippen molar-refractivity contribution in [2.24, 2.45) is 5.92 Å². The van der Waals surface area contributed by atoms with Gasteiger partial charge in [-0.15, -0.1) is 0 Å². The minimum absolute atomic E-state index is 0.124. The number of aromatic nitrogens is 1. The number of pyridine rings is 1. The maximum Gasteiger partial charge on any atom is 0.226 e. The molecule has 114 valence electrons. The molecule has 2 fully saturated rings. The number of carbonyl (C=O) groups is 1. The van der Waals surface area contributed by atoms with Gasteiger partial charge < -0.3 is 14.2 Å². The topological polar surface area (TPSA) is 49.6 Å². The fourth-order valence-electron chi connectivity index (χ4n) is 3.26. The fourth-order valence-corrected chi connectivity index (χ4v) is 3.26. The van der Waals surface area contributed by atoms with Gasteiger partial charge in [-0.05, 0) is 30.7 Å². The Labute approximate surface area is 129 Å². The molecule has 4 rings (SSSR count). The number of furan rings is 1. The molecule has 1 amide bonds. The number of amides is 1. The third-order valence-electron chi connectivity index (χ3n) is 4.64. The van der Waals surface area contributed by atoms with Crippen molar-refractivity contribution in [2.45, 2.75) is 12.3 Å². The third-order valence-corrected chi connectivity index (χ3v) is 4.64. The normalized spacial score (nSPS) is 24.4. The Morgan fingerprint density at radius 1 is 1.14 bits per heavy atom. The first-order valence-corrected chi connectivity index (χ1v) is 7.80. The molecule has 0 N–H and O–H groups in total. The zero-order valence-corrected chi connectivity index (χ0v) is 12.4. The molecule has 2 aromatic rings. The molecular weight excluding hydrogens is 278 g/mol. The van der Waals surface area contributed by atoms with E-state index >= 15 is 0 Å². The second kappa shape index (κ2) is 5.48. The van der Waals surface area contributed by atoms with Gasteiger partial charge >= 0.3 is 0 Å². The average molecular weight is 297 g/mol. The molecule has 1 saturated carbocycles. The van der Waals surface area contributed by atoms with Crippen molar-refractivity contribution in [3.8, 4) is 0 Å². The van der Waals surface area contributed by atoms with Crippen molar-refractivity contribution in [1.82, 2.24) is 9.88 Å². The predicted octanol–water partition coefficient (Wildman–Crippen LogP) is 2.13. The van der Waals surface area contributed by atoms with Gasteiger partial charge in [-0.25, -0.2) is 0 Å². The molecule has 5 heteroatoms. The summed E-state index contributed by atoms with van der Waals surface area (Å²) in [4.78, 5) is 20.9. The highest BCUT2D eigenvalue weighted by Gasteiger charge is 2.47. The highest BCUT2D eigenvalue weighted by atomic mass is 16.3. The van der Waals surface area contributed by atoms with Crippen LogP contribution in [0.4, 0.5) is 5.69 Å². The first-order chi connectivity index (χ1) is 10.8. The van der Waals surface area contributed by atoms with E-state index in [1.165, 1.54) is 5.69 Å². The summed E-state index contributed by atoms with van der Waals surface area (Å²) in [7, 11) is 0. The summed E-state index contributed by atoms with van der Waals surface area (Å²) in [5.41, 5.74) is 1.18. The highest BCUT2D eigenvalue weighted by Crippen LogP contribution is 2.48. The fraction of sp³-hybridized carbons (Fsp3) is 0.412. The maximum atomic E-state index is 12.6. The van der Waals surface area contributed by atoms with E-state index in [-0.39, 0.29) is 11.8 Å². The second-order valence-electron chi connectivity index (χ2n) is 5.98. The van der Waals surface area contributed by atoms with Crippen LogP contribution >= 0.6 is 0 Å². The predicted molar refractivity (Wildman–Crippen MR) is 82.6 cm³/mol. The van der Waals surface area contributed by atoms with Crippen LogP contribution in [0.1, 0.15) is 18.1 Å². The van der Waals surface area contributed by atoms with E-state index in [1.54, 1.807) is 6.26 Å². The number of anilines is 1. The summed E-state index contributed by atoms with van der Waals surface area (Å²) >= 11 is 0. The van der Waals surface area contributed by atoms with Crippen molar-refractivity contribution in [3.63, 3.8) is 0 Å². The zero-order chi connectivity index (χ0) is 14.9. The van der Waals surface area contributed by atoms with Crippen LogP contribution in [0.15, 0.2) is 47.3 Å². The van der Waals surface area contributed by atoms with Gasteiger partial charge in [0, 0.05) is 56.1 Å². The molecule has 0 bridgehead atoms. The van der Waals surface area contributed by atoms with Crippen molar-refractivity contribution >= 4 is 11.6 Å². The van der Waals surface area contributed by atoms with Crippen LogP contribution in [0.2, 0.25) is 0 Å². The van der Waals surface area contributed by atoms with Gasteiger partial charge in [0.25, 0.3) is 0 Å². The van der Waals surface area contributed by atoms with Crippen LogP contribution in [-0.4, -0.2) is 42.0 Å². The van der Waals surface area contributed by atoms with Crippen molar-refractivity contribution in [1.29, 1.82) is 0 Å². The summed E-state index contributed by atoms with van der Waals surface area (Å²) in [5, 5.41) is 0. The average Bonchev–Trinajstić information content (AvgIpc) is 3.20. The quantitative estimate of drug-likeness (QED) is 0.871. The van der Waals surface area contributed by atoms with Gasteiger partial charge in [0.2, 0.25) is 5.91 Å². The van der Waals surface area contributed by atoms with Crippen LogP contribution in [-0.2, 0) is 4.79 Å². The molecule has 2 atom stereocenters. The van der Waals surface area contributed by atoms with E-state index in [0.717, 1.165) is 38.4 Å². The van der Waals surface area contributed by atoms with Crippen LogP contribution in [0.3, 0.4) is 0 Å². The largest absolute Gasteiger partial charge is 0.469 e. The Bertz CT molecular complexity index is 633. The Morgan fingerprint density at radius 3 is 2.59 bits per heavy atom. The molecule has 0 aromatic carbocycles. The molecule has 2 aromatic heterocycles. The lowest BCUT2D eigenvalue weighted by molar-refractivity contribution is -0.133. The van der Waals surface area contributed by atoms with Gasteiger partial charge in [0.15, 0.2) is 0 Å². The van der Waals surface area contributed by atoms with Gasteiger partial charge in [0.1, 0.15) is 5.76 Å². The van der Waals surface area contributed by atoms with Crippen molar-refractivity contribution < 1.29 is 9.21 Å². The molecule has 2 aliphatic rings. The lowest BCUT2D eigenvalue weighted by atomic mass is 10.2. The smallest absolute Gasteiger partial charge is 0.226 e. The Hall–Kier alpha value is -2.30. The zero-order valence-electron chi connectivity index (χ0n) is 12.4. The van der Waals surface area contributed by atoms with Crippen molar-refractivity contribution in [3.05, 3.63) is 48.7 Å². The minimum Gasteiger partial charge on any atom is -0.469 e. The summed E-state index contributed by atoms with van der Waals surface area (Å²) in [6.07, 6.45) is 6.23. The standard InChI is InChI=1S/C17H19N3O2/c21-17(15-12-14(15)16-2-1-11-22-16)20-9-7-19(8-10-20)13-3-5-18-6-4-13/h1-6,11,14-15H,7-10,12H2. The summed E-state index contributed by atoms with van der Waals surface area (Å²) in [5.74, 6) is 1.66. The molecule has 1 aliphatic heterocycles. The SMILES string of the molecule is O=C(C1CC1c1ccco1)N1CCN(c2ccncc2)CC1. The summed E-state index contributed by atoms with van der Waals surface area (Å²) in [6, 6.07) is 7.90. The Morgan fingerprint density at radius 2 is 1.91 bits per heavy atom. The number of piperazine rings is 1. The molecule has 2 unspecified atom stereocenters. The van der Waals surface area contributed by atoms with E-state index in [9.17, 15) is 4.79 Å². The molecular formula is C17H19N3O2. The van der Waals surface area contributed by atoms with Gasteiger partial charge in [-0.1, -0.05) is 0 Å². The molecule has 22 heavy (non-hydrogen) atoms. The monoisotopic (exact) mass is 297 g/mol. The van der Waals surface area contributed by atoms with Crippen LogP contribution in [0, 0.1) is 5.92 Å². The van der Waals surface area contributed by atoms with E-state index in [1.807, 2.05) is 41.6 Å². The third kappa shape index (κ3) is 2.47. The molecule has 0 radical (unpaired) electrons. The number of carbonyl (C=O) groups excluding carboxylic acids is 1. The number of hydrogen-bond donors (Lipinski definition) is 0. The van der Waals surface area contributed by atoms with Crippen LogP contribution < -0.4 is 4.90 Å². The summed E-state index contributed by atoms with van der Waals surface area (Å²) in [6.45, 7) is 3.35. The van der Waals surface area contributed by atoms with E-state index in [4.69, 9.17) is 4.42 Å². The number of nitrogens with zero attached hydrogens (tertiary/aromatic N) is 3. The molecule has 0 spiro atoms. The van der Waals surface area contributed by atoms with Gasteiger partial charge in [-0.3, -0.25) is 9.78 Å². The second-order valence-corrected chi connectivity index (χ2v) is 5.98. The van der Waals surface area contributed by atoms with E-state index in [0.29, 0.717) is 5.92 Å². The Balaban J connectivity index is 1.33. The highest BCUT2D eigenvalue weighted by molar-refractivity contribution is 5.83. The maximum absolute atomic E-state index is 12.6. The lowest BCUT2D eigenvalue weighted by Gasteiger charge is -2.36. The minimum atomic E-state index is 0.124. The number of hydrogen-bond acceptors (Lipinski definition) is 4. The van der Waals surface area contributed by atoms with Crippen LogP contribution in [0.25, 0.3) is 0 Å². The Kier molecular flexibility index (Phi) is 3.33. The molecule has 1 aliphatic carbocycles. The van der Waals surface area contributed by atoms with Crippen LogP contribution in [0.5, 0.6) is 0 Å². The van der Waals surface area contributed by atoms with Gasteiger partial charge in [0.05, 0.1) is 6.26 Å². The first-order valence-electron chi connectivity index (χ1n) is 7.80. The molecule has 1 saturated heterocycles. The molecule has 3 heterocycles. The lowest BCUT2D eigenvalue weighted by Crippen LogP contribution is -2.49. The van der Waals surface area contributed by atoms with E-state index < -0.39 is 0 Å².